The highest BCUT2D eigenvalue weighted by Crippen LogP contribution is 2.22. The number of benzene rings is 2. The predicted molar refractivity (Wildman–Crippen MR) is 99.8 cm³/mol. The van der Waals surface area contributed by atoms with Gasteiger partial charge in [-0.1, -0.05) is 48.5 Å². The van der Waals surface area contributed by atoms with Crippen LogP contribution in [0.5, 0.6) is 0 Å². The molecule has 0 atom stereocenters. The van der Waals surface area contributed by atoms with E-state index >= 15 is 0 Å². The van der Waals surface area contributed by atoms with Crippen LogP contribution >= 0.6 is 11.3 Å². The maximum atomic E-state index is 9.38. The van der Waals surface area contributed by atoms with Crippen molar-refractivity contribution in [3.8, 4) is 6.07 Å². The van der Waals surface area contributed by atoms with Crippen molar-refractivity contribution in [2.24, 2.45) is 0 Å². The van der Waals surface area contributed by atoms with Crippen molar-refractivity contribution >= 4 is 22.6 Å². The minimum Gasteiger partial charge on any atom is -0.360 e. The van der Waals surface area contributed by atoms with Crippen LogP contribution in [-0.2, 0) is 6.42 Å². The summed E-state index contributed by atoms with van der Waals surface area (Å²) < 4.78 is 0. The maximum Gasteiger partial charge on any atom is 0.135 e. The second kappa shape index (κ2) is 7.58. The van der Waals surface area contributed by atoms with Gasteiger partial charge in [-0.05, 0) is 30.5 Å². The molecule has 2 aromatic carbocycles. The number of rotatable bonds is 5. The van der Waals surface area contributed by atoms with Crippen LogP contribution in [0.2, 0.25) is 0 Å². The molecule has 1 aromatic heterocycles. The molecule has 3 aromatic rings. The molecule has 0 fully saturated rings. The fourth-order valence-electron chi connectivity index (χ4n) is 2.40. The molecular formula is C20H17N3S. The van der Waals surface area contributed by atoms with Crippen LogP contribution < -0.4 is 5.32 Å². The second-order valence-electron chi connectivity index (χ2n) is 5.43. The Bertz CT molecular complexity index is 889. The summed E-state index contributed by atoms with van der Waals surface area (Å²) in [5.41, 5.74) is 4.92. The molecule has 0 aliphatic heterocycles. The van der Waals surface area contributed by atoms with Crippen LogP contribution in [0, 0.1) is 18.3 Å². The molecule has 118 valence electrons. The van der Waals surface area contributed by atoms with Gasteiger partial charge in [0.15, 0.2) is 0 Å². The number of nitrogens with one attached hydrogen (secondary N) is 1. The first-order valence-electron chi connectivity index (χ1n) is 7.67. The summed E-state index contributed by atoms with van der Waals surface area (Å²) in [6, 6.07) is 20.7. The van der Waals surface area contributed by atoms with Crippen molar-refractivity contribution in [3.05, 3.63) is 88.0 Å². The van der Waals surface area contributed by atoms with Crippen LogP contribution in [0.25, 0.3) is 5.57 Å². The van der Waals surface area contributed by atoms with Gasteiger partial charge in [0.1, 0.15) is 16.6 Å². The summed E-state index contributed by atoms with van der Waals surface area (Å²) in [6.07, 6.45) is 2.58. The van der Waals surface area contributed by atoms with E-state index in [-0.39, 0.29) is 0 Å². The van der Waals surface area contributed by atoms with E-state index in [1.807, 2.05) is 48.7 Å². The molecule has 4 heteroatoms. The fraction of sp³-hybridized carbons (Fsp3) is 0.100. The second-order valence-corrected chi connectivity index (χ2v) is 6.29. The summed E-state index contributed by atoms with van der Waals surface area (Å²) in [7, 11) is 0. The van der Waals surface area contributed by atoms with Crippen LogP contribution in [0.4, 0.5) is 5.69 Å². The van der Waals surface area contributed by atoms with Crippen LogP contribution in [0.1, 0.15) is 21.8 Å². The van der Waals surface area contributed by atoms with Crippen molar-refractivity contribution in [1.29, 1.82) is 5.26 Å². The Morgan fingerprint density at radius 3 is 2.62 bits per heavy atom. The molecule has 1 heterocycles. The molecule has 24 heavy (non-hydrogen) atoms. The van der Waals surface area contributed by atoms with Gasteiger partial charge in [-0.25, -0.2) is 4.98 Å². The highest BCUT2D eigenvalue weighted by molar-refractivity contribution is 7.10. The van der Waals surface area contributed by atoms with E-state index in [9.17, 15) is 5.26 Å². The van der Waals surface area contributed by atoms with E-state index < -0.39 is 0 Å². The number of nitrogens with zero attached hydrogens (tertiary/aromatic N) is 2. The monoisotopic (exact) mass is 331 g/mol. The van der Waals surface area contributed by atoms with Gasteiger partial charge in [-0.2, -0.15) is 5.26 Å². The van der Waals surface area contributed by atoms with Crippen LogP contribution in [0.15, 0.2) is 66.2 Å². The lowest BCUT2D eigenvalue weighted by Crippen LogP contribution is -1.97. The summed E-state index contributed by atoms with van der Waals surface area (Å²) in [5.74, 6) is 0. The number of anilines is 1. The number of thiazole rings is 1. The highest BCUT2D eigenvalue weighted by atomic mass is 32.1. The van der Waals surface area contributed by atoms with Gasteiger partial charge in [-0.15, -0.1) is 11.3 Å². The molecule has 0 saturated carbocycles. The molecule has 0 aliphatic carbocycles. The fourth-order valence-corrected chi connectivity index (χ4v) is 3.16. The van der Waals surface area contributed by atoms with Crippen LogP contribution in [-0.4, -0.2) is 4.98 Å². The Morgan fingerprint density at radius 1 is 1.17 bits per heavy atom. The minimum atomic E-state index is 0.544. The Hall–Kier alpha value is -2.90. The predicted octanol–water partition coefficient (Wildman–Crippen LogP) is 5.02. The van der Waals surface area contributed by atoms with E-state index in [0.29, 0.717) is 5.57 Å². The number of nitriles is 1. The number of aryl methyl sites for hydroxylation is 1. The molecule has 0 amide bonds. The number of hydrogen-bond acceptors (Lipinski definition) is 4. The lowest BCUT2D eigenvalue weighted by molar-refractivity contribution is 1.19. The zero-order chi connectivity index (χ0) is 16.8. The Balaban J connectivity index is 1.82. The Kier molecular flexibility index (Phi) is 5.05. The average Bonchev–Trinajstić information content (AvgIpc) is 3.04. The summed E-state index contributed by atoms with van der Waals surface area (Å²) in [5, 5.41) is 15.3. The van der Waals surface area contributed by atoms with Crippen molar-refractivity contribution in [1.82, 2.24) is 4.98 Å². The van der Waals surface area contributed by atoms with Gasteiger partial charge in [0.25, 0.3) is 0 Å². The Morgan fingerprint density at radius 2 is 1.92 bits per heavy atom. The molecule has 0 saturated heterocycles. The molecule has 0 unspecified atom stereocenters. The number of para-hydroxylation sites is 1. The summed E-state index contributed by atoms with van der Waals surface area (Å²) >= 11 is 1.48. The topological polar surface area (TPSA) is 48.7 Å². The maximum absolute atomic E-state index is 9.38. The SMILES string of the molecule is Cc1csc(/C(C#N)=C/Nc2ccccc2Cc2ccccc2)n1. The molecule has 3 rings (SSSR count). The van der Waals surface area contributed by atoms with E-state index in [4.69, 9.17) is 0 Å². The zero-order valence-electron chi connectivity index (χ0n) is 13.4. The first-order valence-corrected chi connectivity index (χ1v) is 8.55. The van der Waals surface area contributed by atoms with E-state index in [2.05, 4.69) is 34.6 Å². The number of hydrogen-bond donors (Lipinski definition) is 1. The third-order valence-corrected chi connectivity index (χ3v) is 4.59. The lowest BCUT2D eigenvalue weighted by atomic mass is 10.0. The third kappa shape index (κ3) is 3.89. The van der Waals surface area contributed by atoms with Gasteiger partial charge in [-0.3, -0.25) is 0 Å². The Labute approximate surface area is 145 Å². The average molecular weight is 331 g/mol. The highest BCUT2D eigenvalue weighted by Gasteiger charge is 2.06. The van der Waals surface area contributed by atoms with Gasteiger partial charge < -0.3 is 5.32 Å². The van der Waals surface area contributed by atoms with Gasteiger partial charge in [0, 0.05) is 23.0 Å². The van der Waals surface area contributed by atoms with Crippen molar-refractivity contribution in [2.45, 2.75) is 13.3 Å². The van der Waals surface area contributed by atoms with Crippen molar-refractivity contribution < 1.29 is 0 Å². The molecule has 0 bridgehead atoms. The summed E-state index contributed by atoms with van der Waals surface area (Å²) in [6.45, 7) is 1.93. The molecule has 3 nitrogen and oxygen atoms in total. The standard InChI is InChI=1S/C20H17N3S/c1-15-14-24-20(23-15)18(12-21)13-22-19-10-6-5-9-17(19)11-16-7-3-2-4-8-16/h2-10,13-14,22H,11H2,1H3/b18-13+. The first-order chi connectivity index (χ1) is 11.8. The third-order valence-electron chi connectivity index (χ3n) is 3.60. The van der Waals surface area contributed by atoms with Gasteiger partial charge in [0.2, 0.25) is 0 Å². The normalized spacial score (nSPS) is 11.1. The quantitative estimate of drug-likeness (QED) is 0.668. The molecule has 1 N–H and O–H groups in total. The van der Waals surface area contributed by atoms with Crippen molar-refractivity contribution in [3.63, 3.8) is 0 Å². The number of aromatic nitrogens is 1. The van der Waals surface area contributed by atoms with E-state index in [1.54, 1.807) is 6.20 Å². The van der Waals surface area contributed by atoms with Crippen molar-refractivity contribution in [2.75, 3.05) is 5.32 Å². The van der Waals surface area contributed by atoms with E-state index in [0.717, 1.165) is 22.8 Å². The largest absolute Gasteiger partial charge is 0.360 e. The van der Waals surface area contributed by atoms with Crippen LogP contribution in [0.3, 0.4) is 0 Å². The zero-order valence-corrected chi connectivity index (χ0v) is 14.2. The smallest absolute Gasteiger partial charge is 0.135 e. The van der Waals surface area contributed by atoms with Gasteiger partial charge in [0.05, 0.1) is 0 Å². The number of allylic oxidation sites excluding steroid dienone is 1. The summed E-state index contributed by atoms with van der Waals surface area (Å²) in [4.78, 5) is 4.37. The molecule has 0 spiro atoms. The molecule has 0 aliphatic rings. The van der Waals surface area contributed by atoms with E-state index in [1.165, 1.54) is 22.5 Å². The minimum absolute atomic E-state index is 0.544. The lowest BCUT2D eigenvalue weighted by Gasteiger charge is -2.09. The van der Waals surface area contributed by atoms with Gasteiger partial charge >= 0.3 is 0 Å². The molecule has 0 radical (unpaired) electrons. The first kappa shape index (κ1) is 16.0. The molecular weight excluding hydrogens is 314 g/mol.